The minimum atomic E-state index is 0.500. The molecule has 2 heterocycles. The molecule has 1 aliphatic rings. The zero-order chi connectivity index (χ0) is 10.4. The van der Waals surface area contributed by atoms with Gasteiger partial charge in [0.15, 0.2) is 0 Å². The Morgan fingerprint density at radius 3 is 2.87 bits per heavy atom. The predicted octanol–water partition coefficient (Wildman–Crippen LogP) is 2.65. The van der Waals surface area contributed by atoms with Crippen molar-refractivity contribution in [3.8, 4) is 0 Å². The molecule has 0 fully saturated rings. The molecule has 0 unspecified atom stereocenters. The van der Waals surface area contributed by atoms with Crippen LogP contribution < -0.4 is 10.9 Å². The van der Waals surface area contributed by atoms with Crippen molar-refractivity contribution in [1.29, 1.82) is 0 Å². The molecule has 1 aromatic carbocycles. The van der Waals surface area contributed by atoms with Gasteiger partial charge in [-0.05, 0) is 19.9 Å². The van der Waals surface area contributed by atoms with E-state index in [1.54, 1.807) is 0 Å². The number of rotatable bonds is 1. The van der Waals surface area contributed by atoms with Crippen molar-refractivity contribution in [3.05, 3.63) is 30.0 Å². The van der Waals surface area contributed by atoms with Crippen molar-refractivity contribution in [2.24, 2.45) is 0 Å². The molecule has 0 saturated heterocycles. The molecule has 2 N–H and O–H groups in total. The average molecular weight is 201 g/mol. The van der Waals surface area contributed by atoms with Gasteiger partial charge in [0.1, 0.15) is 0 Å². The van der Waals surface area contributed by atoms with Gasteiger partial charge >= 0.3 is 0 Å². The lowest BCUT2D eigenvalue weighted by molar-refractivity contribution is 0.592. The second kappa shape index (κ2) is 3.00. The Hall–Kier alpha value is -1.48. The summed E-state index contributed by atoms with van der Waals surface area (Å²) < 4.78 is 2.40. The number of hydrogen-bond acceptors (Lipinski definition) is 2. The molecule has 3 nitrogen and oxygen atoms in total. The summed E-state index contributed by atoms with van der Waals surface area (Å²) in [5, 5.41) is 1.31. The lowest BCUT2D eigenvalue weighted by atomic mass is 10.2. The van der Waals surface area contributed by atoms with Crippen LogP contribution in [0.25, 0.3) is 10.9 Å². The fourth-order valence-electron chi connectivity index (χ4n) is 2.44. The molecule has 0 aliphatic carbocycles. The first-order chi connectivity index (χ1) is 7.29. The van der Waals surface area contributed by atoms with Crippen LogP contribution in [0.5, 0.6) is 0 Å². The molecule has 1 aromatic heterocycles. The zero-order valence-corrected chi connectivity index (χ0v) is 9.04. The smallest absolute Gasteiger partial charge is 0.0791 e. The molecule has 0 atom stereocenters. The molecule has 0 spiro atoms. The van der Waals surface area contributed by atoms with Crippen LogP contribution in [0.15, 0.2) is 24.3 Å². The van der Waals surface area contributed by atoms with Gasteiger partial charge in [0.2, 0.25) is 0 Å². The molecule has 3 heteroatoms. The zero-order valence-electron chi connectivity index (χ0n) is 9.04. The first-order valence-corrected chi connectivity index (χ1v) is 5.39. The third-order valence-corrected chi connectivity index (χ3v) is 3.00. The Morgan fingerprint density at radius 1 is 1.27 bits per heavy atom. The monoisotopic (exact) mass is 201 g/mol. The molecule has 0 radical (unpaired) electrons. The standard InChI is InChI=1S/C12H15N3/c1-8(2)15-10-6-4-3-5-9(10)12-11(15)7-13-14-12/h3-6,8,13-14H,7H2,1-2H3. The third kappa shape index (κ3) is 1.10. The van der Waals surface area contributed by atoms with E-state index in [1.807, 2.05) is 0 Å². The molecule has 1 aliphatic heterocycles. The van der Waals surface area contributed by atoms with Crippen LogP contribution in [-0.4, -0.2) is 4.57 Å². The van der Waals surface area contributed by atoms with Gasteiger partial charge in [-0.25, -0.2) is 5.43 Å². The van der Waals surface area contributed by atoms with Gasteiger partial charge in [0.05, 0.1) is 23.4 Å². The van der Waals surface area contributed by atoms with Crippen LogP contribution >= 0.6 is 0 Å². The Balaban J connectivity index is 2.41. The molecular weight excluding hydrogens is 186 g/mol. The quantitative estimate of drug-likeness (QED) is 0.742. The summed E-state index contributed by atoms with van der Waals surface area (Å²) in [5.41, 5.74) is 10.4. The van der Waals surface area contributed by atoms with E-state index in [9.17, 15) is 0 Å². The summed E-state index contributed by atoms with van der Waals surface area (Å²) in [4.78, 5) is 0. The van der Waals surface area contributed by atoms with E-state index in [4.69, 9.17) is 0 Å². The van der Waals surface area contributed by atoms with Gasteiger partial charge in [0.25, 0.3) is 0 Å². The fourth-order valence-corrected chi connectivity index (χ4v) is 2.44. The maximum absolute atomic E-state index is 3.25. The second-order valence-electron chi connectivity index (χ2n) is 4.28. The Labute approximate surface area is 89.1 Å². The van der Waals surface area contributed by atoms with Crippen molar-refractivity contribution in [1.82, 2.24) is 9.99 Å². The second-order valence-corrected chi connectivity index (χ2v) is 4.28. The lowest BCUT2D eigenvalue weighted by Crippen LogP contribution is -2.14. The maximum Gasteiger partial charge on any atom is 0.0791 e. The van der Waals surface area contributed by atoms with Crippen LogP contribution in [0.1, 0.15) is 25.6 Å². The van der Waals surface area contributed by atoms with E-state index < -0.39 is 0 Å². The summed E-state index contributed by atoms with van der Waals surface area (Å²) in [6.45, 7) is 5.36. The number of nitrogens with one attached hydrogen (secondary N) is 2. The highest BCUT2D eigenvalue weighted by molar-refractivity contribution is 5.95. The van der Waals surface area contributed by atoms with Crippen LogP contribution in [0.4, 0.5) is 5.69 Å². The maximum atomic E-state index is 3.25. The van der Waals surface area contributed by atoms with Crippen LogP contribution in [0.3, 0.4) is 0 Å². The highest BCUT2D eigenvalue weighted by Crippen LogP contribution is 2.35. The number of benzene rings is 1. The van der Waals surface area contributed by atoms with Crippen LogP contribution in [-0.2, 0) is 6.54 Å². The highest BCUT2D eigenvalue weighted by Gasteiger charge is 2.21. The van der Waals surface area contributed by atoms with Crippen molar-refractivity contribution >= 4 is 16.6 Å². The van der Waals surface area contributed by atoms with E-state index in [0.29, 0.717) is 6.04 Å². The van der Waals surface area contributed by atoms with Gasteiger partial charge in [-0.15, -0.1) is 0 Å². The Morgan fingerprint density at radius 2 is 2.07 bits per heavy atom. The van der Waals surface area contributed by atoms with Crippen molar-refractivity contribution in [3.63, 3.8) is 0 Å². The molecule has 0 bridgehead atoms. The van der Waals surface area contributed by atoms with Gasteiger partial charge in [-0.1, -0.05) is 18.2 Å². The van der Waals surface area contributed by atoms with E-state index in [-0.39, 0.29) is 0 Å². The Bertz CT molecular complexity index is 511. The van der Waals surface area contributed by atoms with Crippen molar-refractivity contribution in [2.75, 3.05) is 5.43 Å². The molecule has 78 valence electrons. The molecule has 3 rings (SSSR count). The highest BCUT2D eigenvalue weighted by atomic mass is 15.4. The number of para-hydroxylation sites is 1. The SMILES string of the molecule is CC(C)n1c2c(c3ccccc31)NNC2. The molecule has 0 saturated carbocycles. The average Bonchev–Trinajstić information content (AvgIpc) is 2.75. The number of hydrogen-bond donors (Lipinski definition) is 2. The van der Waals surface area contributed by atoms with E-state index >= 15 is 0 Å². The van der Waals surface area contributed by atoms with Gasteiger partial charge in [0, 0.05) is 11.4 Å². The number of aromatic nitrogens is 1. The van der Waals surface area contributed by atoms with Gasteiger partial charge in [-0.2, -0.15) is 0 Å². The Kier molecular flexibility index (Phi) is 1.76. The first kappa shape index (κ1) is 8.80. The summed E-state index contributed by atoms with van der Waals surface area (Å²) in [6.07, 6.45) is 0. The lowest BCUT2D eigenvalue weighted by Gasteiger charge is -2.12. The molecule has 0 amide bonds. The summed E-state index contributed by atoms with van der Waals surface area (Å²) in [5.74, 6) is 0. The number of nitrogens with zero attached hydrogens (tertiary/aromatic N) is 1. The number of hydrazine groups is 1. The third-order valence-electron chi connectivity index (χ3n) is 3.00. The molecular formula is C12H15N3. The number of anilines is 1. The minimum absolute atomic E-state index is 0.500. The number of fused-ring (bicyclic) bond motifs is 3. The first-order valence-electron chi connectivity index (χ1n) is 5.39. The van der Waals surface area contributed by atoms with Crippen molar-refractivity contribution in [2.45, 2.75) is 26.4 Å². The van der Waals surface area contributed by atoms with E-state index in [0.717, 1.165) is 6.54 Å². The van der Waals surface area contributed by atoms with E-state index in [1.165, 1.54) is 22.3 Å². The van der Waals surface area contributed by atoms with Gasteiger partial charge in [-0.3, -0.25) is 0 Å². The summed E-state index contributed by atoms with van der Waals surface area (Å²) in [7, 11) is 0. The van der Waals surface area contributed by atoms with Crippen LogP contribution in [0, 0.1) is 0 Å². The minimum Gasteiger partial charge on any atom is -0.339 e. The van der Waals surface area contributed by atoms with Crippen molar-refractivity contribution < 1.29 is 0 Å². The summed E-state index contributed by atoms with van der Waals surface area (Å²) in [6, 6.07) is 9.06. The summed E-state index contributed by atoms with van der Waals surface area (Å²) >= 11 is 0. The predicted molar refractivity (Wildman–Crippen MR) is 62.8 cm³/mol. The fraction of sp³-hybridized carbons (Fsp3) is 0.333. The van der Waals surface area contributed by atoms with Crippen LogP contribution in [0.2, 0.25) is 0 Å². The molecule has 15 heavy (non-hydrogen) atoms. The largest absolute Gasteiger partial charge is 0.339 e. The topological polar surface area (TPSA) is 29.0 Å². The van der Waals surface area contributed by atoms with E-state index in [2.05, 4.69) is 53.5 Å². The normalized spacial score (nSPS) is 14.6. The molecule has 2 aromatic rings. The van der Waals surface area contributed by atoms with Gasteiger partial charge < -0.3 is 9.99 Å².